The van der Waals surface area contributed by atoms with Crippen LogP contribution in [0.4, 0.5) is 17.2 Å². The van der Waals surface area contributed by atoms with Crippen molar-refractivity contribution in [1.29, 1.82) is 5.41 Å². The van der Waals surface area contributed by atoms with Gasteiger partial charge in [-0.1, -0.05) is 17.7 Å². The molecule has 2 heterocycles. The summed E-state index contributed by atoms with van der Waals surface area (Å²) in [5.41, 5.74) is 9.38. The molecule has 2 aromatic heterocycles. The Hall–Kier alpha value is -3.58. The lowest BCUT2D eigenvalue weighted by atomic mass is 10.2. The summed E-state index contributed by atoms with van der Waals surface area (Å²) in [6.07, 6.45) is 4.61. The number of aryl methyl sites for hydroxylation is 1. The van der Waals surface area contributed by atoms with E-state index < -0.39 is 0 Å². The van der Waals surface area contributed by atoms with Gasteiger partial charge in [0, 0.05) is 30.8 Å². The van der Waals surface area contributed by atoms with Crippen molar-refractivity contribution in [2.75, 3.05) is 11.1 Å². The van der Waals surface area contributed by atoms with Crippen LogP contribution in [0.5, 0.6) is 11.5 Å². The molecule has 0 atom stereocenters. The number of anilines is 3. The van der Waals surface area contributed by atoms with Crippen LogP contribution in [0.3, 0.4) is 0 Å². The zero-order chi connectivity index (χ0) is 19.7. The van der Waals surface area contributed by atoms with Gasteiger partial charge in [0.05, 0.1) is 16.1 Å². The zero-order valence-electron chi connectivity index (χ0n) is 15.0. The van der Waals surface area contributed by atoms with Crippen LogP contribution in [-0.4, -0.2) is 20.7 Å². The summed E-state index contributed by atoms with van der Waals surface area (Å²) in [5.74, 6) is 1.62. The monoisotopic (exact) mass is 392 g/mol. The van der Waals surface area contributed by atoms with E-state index in [2.05, 4.69) is 15.3 Å². The quantitative estimate of drug-likeness (QED) is 0.336. The van der Waals surface area contributed by atoms with Crippen molar-refractivity contribution in [3.05, 3.63) is 65.6 Å². The van der Waals surface area contributed by atoms with E-state index in [4.69, 9.17) is 27.5 Å². The summed E-state index contributed by atoms with van der Waals surface area (Å²) in [4.78, 5) is 8.59. The maximum Gasteiger partial charge on any atom is 0.158 e. The Labute approximate surface area is 166 Å². The highest BCUT2D eigenvalue weighted by atomic mass is 35.5. The molecule has 0 amide bonds. The molecule has 0 aliphatic heterocycles. The summed E-state index contributed by atoms with van der Waals surface area (Å²) in [6, 6.07) is 12.5. The Balaban J connectivity index is 1.62. The summed E-state index contributed by atoms with van der Waals surface area (Å²) in [5, 5.41) is 11.2. The largest absolute Gasteiger partial charge is 0.455 e. The maximum absolute atomic E-state index is 7.53. The lowest BCUT2D eigenvalue weighted by Crippen LogP contribution is -1.99. The standard InChI is InChI=1S/C20H17ClN6O/c1-27-8-7-16-19(27)20(25-11-24-16)26-12-5-6-18(14(21)9-12)28-17-4-2-3-15(23)13(17)10-22/h2-11,22H,23H2,1H3,(H,24,25,26). The number of nitrogens with zero attached hydrogens (tertiary/aromatic N) is 3. The number of fused-ring (bicyclic) bond motifs is 1. The van der Waals surface area contributed by atoms with E-state index in [1.165, 1.54) is 6.33 Å². The molecule has 0 radical (unpaired) electrons. The van der Waals surface area contributed by atoms with E-state index in [9.17, 15) is 0 Å². The van der Waals surface area contributed by atoms with Crippen molar-refractivity contribution in [1.82, 2.24) is 14.5 Å². The minimum absolute atomic E-state index is 0.417. The van der Waals surface area contributed by atoms with Crippen molar-refractivity contribution >= 4 is 46.0 Å². The molecular weight excluding hydrogens is 376 g/mol. The van der Waals surface area contributed by atoms with E-state index in [-0.39, 0.29) is 0 Å². The first kappa shape index (κ1) is 17.8. The van der Waals surface area contributed by atoms with Gasteiger partial charge < -0.3 is 25.8 Å². The smallest absolute Gasteiger partial charge is 0.158 e. The van der Waals surface area contributed by atoms with E-state index >= 15 is 0 Å². The molecule has 2 aromatic carbocycles. The van der Waals surface area contributed by atoms with Crippen molar-refractivity contribution < 1.29 is 4.74 Å². The van der Waals surface area contributed by atoms with Gasteiger partial charge in [0.15, 0.2) is 5.82 Å². The molecule has 8 heteroatoms. The first-order valence-electron chi connectivity index (χ1n) is 8.46. The molecule has 0 saturated heterocycles. The van der Waals surface area contributed by atoms with E-state index in [0.29, 0.717) is 33.6 Å². The number of nitrogen functional groups attached to an aromatic ring is 1. The summed E-state index contributed by atoms with van der Waals surface area (Å²) >= 11 is 6.42. The topological polar surface area (TPSA) is 102 Å². The maximum atomic E-state index is 7.53. The molecule has 0 fully saturated rings. The Morgan fingerprint density at radius 2 is 2.04 bits per heavy atom. The van der Waals surface area contributed by atoms with Gasteiger partial charge >= 0.3 is 0 Å². The average molecular weight is 393 g/mol. The minimum Gasteiger partial charge on any atom is -0.455 e. The lowest BCUT2D eigenvalue weighted by Gasteiger charge is -2.13. The molecule has 0 bridgehead atoms. The fraction of sp³-hybridized carbons (Fsp3) is 0.0500. The molecule has 0 aliphatic rings. The third-order valence-electron chi connectivity index (χ3n) is 4.32. The fourth-order valence-corrected chi connectivity index (χ4v) is 3.15. The van der Waals surface area contributed by atoms with E-state index in [1.54, 1.807) is 30.3 Å². The molecule has 0 unspecified atom stereocenters. The summed E-state index contributed by atoms with van der Waals surface area (Å²) < 4.78 is 7.83. The zero-order valence-corrected chi connectivity index (χ0v) is 15.7. The average Bonchev–Trinajstić information content (AvgIpc) is 3.06. The Bertz CT molecular complexity index is 1190. The number of ether oxygens (including phenoxy) is 1. The molecule has 140 valence electrons. The van der Waals surface area contributed by atoms with Gasteiger partial charge in [0.1, 0.15) is 23.3 Å². The van der Waals surface area contributed by atoms with Crippen molar-refractivity contribution in [2.45, 2.75) is 0 Å². The van der Waals surface area contributed by atoms with Gasteiger partial charge in [-0.05, 0) is 36.4 Å². The number of hydrogen-bond donors (Lipinski definition) is 3. The number of nitrogens with two attached hydrogens (primary N) is 1. The van der Waals surface area contributed by atoms with E-state index in [1.807, 2.05) is 29.9 Å². The van der Waals surface area contributed by atoms with Crippen LogP contribution < -0.4 is 15.8 Å². The molecular formula is C20H17ClN6O. The second-order valence-electron chi connectivity index (χ2n) is 6.16. The molecule has 28 heavy (non-hydrogen) atoms. The molecule has 4 aromatic rings. The number of aromatic nitrogens is 3. The SMILES string of the molecule is Cn1ccc2ncnc(Nc3ccc(Oc4cccc(N)c4C=N)c(Cl)c3)c21. The van der Waals surface area contributed by atoms with Crippen LogP contribution in [0, 0.1) is 5.41 Å². The summed E-state index contributed by atoms with van der Waals surface area (Å²) in [7, 11) is 1.94. The Morgan fingerprint density at radius 1 is 1.18 bits per heavy atom. The molecule has 0 spiro atoms. The second-order valence-corrected chi connectivity index (χ2v) is 6.57. The van der Waals surface area contributed by atoms with Crippen molar-refractivity contribution in [3.8, 4) is 11.5 Å². The van der Waals surface area contributed by atoms with Gasteiger partial charge in [0.2, 0.25) is 0 Å². The molecule has 4 N–H and O–H groups in total. The Kier molecular flexibility index (Phi) is 4.58. The third-order valence-corrected chi connectivity index (χ3v) is 4.61. The predicted octanol–water partition coefficient (Wildman–Crippen LogP) is 4.74. The third kappa shape index (κ3) is 3.23. The highest BCUT2D eigenvalue weighted by Gasteiger charge is 2.11. The van der Waals surface area contributed by atoms with Crippen molar-refractivity contribution in [3.63, 3.8) is 0 Å². The highest BCUT2D eigenvalue weighted by Crippen LogP contribution is 2.35. The van der Waals surface area contributed by atoms with Crippen LogP contribution in [-0.2, 0) is 7.05 Å². The highest BCUT2D eigenvalue weighted by molar-refractivity contribution is 6.32. The fourth-order valence-electron chi connectivity index (χ4n) is 2.93. The number of rotatable bonds is 5. The molecule has 0 saturated carbocycles. The van der Waals surface area contributed by atoms with Crippen LogP contribution in [0.25, 0.3) is 11.0 Å². The minimum atomic E-state index is 0.417. The first-order valence-corrected chi connectivity index (χ1v) is 8.84. The van der Waals surface area contributed by atoms with Crippen LogP contribution in [0.1, 0.15) is 5.56 Å². The van der Waals surface area contributed by atoms with E-state index in [0.717, 1.165) is 22.9 Å². The first-order chi connectivity index (χ1) is 13.6. The second kappa shape index (κ2) is 7.21. The number of hydrogen-bond acceptors (Lipinski definition) is 6. The van der Waals surface area contributed by atoms with Crippen LogP contribution in [0.15, 0.2) is 55.0 Å². The molecule has 7 nitrogen and oxygen atoms in total. The van der Waals surface area contributed by atoms with Gasteiger partial charge in [0.25, 0.3) is 0 Å². The van der Waals surface area contributed by atoms with Crippen LogP contribution >= 0.6 is 11.6 Å². The van der Waals surface area contributed by atoms with Gasteiger partial charge in [-0.3, -0.25) is 0 Å². The normalized spacial score (nSPS) is 10.8. The van der Waals surface area contributed by atoms with Crippen LogP contribution in [0.2, 0.25) is 5.02 Å². The van der Waals surface area contributed by atoms with Gasteiger partial charge in [-0.2, -0.15) is 0 Å². The molecule has 4 rings (SSSR count). The summed E-state index contributed by atoms with van der Waals surface area (Å²) in [6.45, 7) is 0. The predicted molar refractivity (Wildman–Crippen MR) is 112 cm³/mol. The number of nitrogens with one attached hydrogen (secondary N) is 2. The van der Waals surface area contributed by atoms with Crippen molar-refractivity contribution in [2.24, 2.45) is 7.05 Å². The lowest BCUT2D eigenvalue weighted by molar-refractivity contribution is 0.482. The van der Waals surface area contributed by atoms with Gasteiger partial charge in [-0.25, -0.2) is 9.97 Å². The number of halogens is 1. The molecule has 0 aliphatic carbocycles. The van der Waals surface area contributed by atoms with Gasteiger partial charge in [-0.15, -0.1) is 0 Å². The Morgan fingerprint density at radius 3 is 2.82 bits per heavy atom. The number of benzene rings is 2.